The van der Waals surface area contributed by atoms with Gasteiger partial charge < -0.3 is 20.1 Å². The van der Waals surface area contributed by atoms with Crippen LogP contribution in [0.5, 0.6) is 11.5 Å². The Hall–Kier alpha value is -2.76. The molecule has 2 amide bonds. The minimum absolute atomic E-state index is 0.326. The number of anilines is 1. The van der Waals surface area contributed by atoms with Gasteiger partial charge in [0.25, 0.3) is 0 Å². The molecule has 0 bridgehead atoms. The van der Waals surface area contributed by atoms with Gasteiger partial charge in [-0.25, -0.2) is 9.18 Å². The van der Waals surface area contributed by atoms with Gasteiger partial charge in [0.05, 0.1) is 13.2 Å². The van der Waals surface area contributed by atoms with Gasteiger partial charge in [0.15, 0.2) is 0 Å². The maximum absolute atomic E-state index is 12.8. The van der Waals surface area contributed by atoms with Crippen molar-refractivity contribution >= 4 is 11.7 Å². The van der Waals surface area contributed by atoms with E-state index in [4.69, 9.17) is 9.47 Å². The zero-order valence-corrected chi connectivity index (χ0v) is 12.8. The van der Waals surface area contributed by atoms with Gasteiger partial charge in [0, 0.05) is 11.8 Å². The topological polar surface area (TPSA) is 59.6 Å². The van der Waals surface area contributed by atoms with Gasteiger partial charge in [-0.1, -0.05) is 6.07 Å². The molecule has 2 aromatic carbocycles. The van der Waals surface area contributed by atoms with E-state index in [1.807, 2.05) is 25.1 Å². The van der Waals surface area contributed by atoms with E-state index in [-0.39, 0.29) is 11.8 Å². The van der Waals surface area contributed by atoms with Gasteiger partial charge in [-0.2, -0.15) is 0 Å². The zero-order chi connectivity index (χ0) is 16.5. The van der Waals surface area contributed by atoms with Crippen molar-refractivity contribution in [2.45, 2.75) is 6.92 Å². The maximum Gasteiger partial charge on any atom is 0.319 e. The molecule has 0 aliphatic rings. The van der Waals surface area contributed by atoms with E-state index in [2.05, 4.69) is 10.6 Å². The lowest BCUT2D eigenvalue weighted by Crippen LogP contribution is -2.32. The van der Waals surface area contributed by atoms with E-state index >= 15 is 0 Å². The molecule has 0 fully saturated rings. The molecule has 2 N–H and O–H groups in total. The molecule has 0 saturated heterocycles. The Kier molecular flexibility index (Phi) is 6.23. The van der Waals surface area contributed by atoms with E-state index in [9.17, 15) is 9.18 Å². The maximum atomic E-state index is 12.8. The number of halogens is 1. The number of ether oxygens (including phenoxy) is 2. The normalized spacial score (nSPS) is 10.0. The van der Waals surface area contributed by atoms with Crippen LogP contribution in [0.3, 0.4) is 0 Å². The van der Waals surface area contributed by atoms with Crippen molar-refractivity contribution < 1.29 is 18.7 Å². The fourth-order valence-corrected chi connectivity index (χ4v) is 1.86. The average Bonchev–Trinajstić information content (AvgIpc) is 2.55. The zero-order valence-electron chi connectivity index (χ0n) is 12.8. The van der Waals surface area contributed by atoms with Crippen LogP contribution in [0.25, 0.3) is 0 Å². The molecule has 0 aliphatic carbocycles. The van der Waals surface area contributed by atoms with Crippen LogP contribution >= 0.6 is 0 Å². The standard InChI is InChI=1S/C17H19FN2O3/c1-2-22-15-4-3-5-16(12-15)23-11-10-19-17(21)20-14-8-6-13(18)7-9-14/h3-9,12H,2,10-11H2,1H3,(H2,19,20,21). The summed E-state index contributed by atoms with van der Waals surface area (Å²) in [6.45, 7) is 3.17. The Morgan fingerprint density at radius 3 is 2.48 bits per heavy atom. The van der Waals surface area contributed by atoms with Crippen LogP contribution in [0.1, 0.15) is 6.92 Å². The van der Waals surface area contributed by atoms with E-state index in [0.29, 0.717) is 31.2 Å². The highest BCUT2D eigenvalue weighted by Crippen LogP contribution is 2.19. The number of benzene rings is 2. The van der Waals surface area contributed by atoms with Gasteiger partial charge in [-0.15, -0.1) is 0 Å². The van der Waals surface area contributed by atoms with Crippen LogP contribution in [-0.4, -0.2) is 25.8 Å². The van der Waals surface area contributed by atoms with Crippen molar-refractivity contribution in [2.75, 3.05) is 25.1 Å². The summed E-state index contributed by atoms with van der Waals surface area (Å²) in [6.07, 6.45) is 0. The monoisotopic (exact) mass is 318 g/mol. The molecule has 6 heteroatoms. The molecule has 122 valence electrons. The SMILES string of the molecule is CCOc1cccc(OCCNC(=O)Nc2ccc(F)cc2)c1. The summed E-state index contributed by atoms with van der Waals surface area (Å²) in [5, 5.41) is 5.26. The molecular weight excluding hydrogens is 299 g/mol. The number of rotatable bonds is 7. The molecule has 5 nitrogen and oxygen atoms in total. The first-order chi connectivity index (χ1) is 11.2. The average molecular weight is 318 g/mol. The highest BCUT2D eigenvalue weighted by molar-refractivity contribution is 5.89. The lowest BCUT2D eigenvalue weighted by molar-refractivity contribution is 0.247. The number of hydrogen-bond donors (Lipinski definition) is 2. The summed E-state index contributed by atoms with van der Waals surface area (Å²) in [4.78, 5) is 11.7. The first-order valence-electron chi connectivity index (χ1n) is 7.33. The number of nitrogens with one attached hydrogen (secondary N) is 2. The summed E-state index contributed by atoms with van der Waals surface area (Å²) < 4.78 is 23.7. The number of amides is 2. The van der Waals surface area contributed by atoms with Crippen molar-refractivity contribution in [2.24, 2.45) is 0 Å². The van der Waals surface area contributed by atoms with Crippen LogP contribution in [0.4, 0.5) is 14.9 Å². The van der Waals surface area contributed by atoms with Crippen LogP contribution in [0.15, 0.2) is 48.5 Å². The molecule has 0 atom stereocenters. The Labute approximate surface area is 134 Å². The fourth-order valence-electron chi connectivity index (χ4n) is 1.86. The first kappa shape index (κ1) is 16.6. The van der Waals surface area contributed by atoms with Crippen molar-refractivity contribution in [3.8, 4) is 11.5 Å². The summed E-state index contributed by atoms with van der Waals surface area (Å²) in [5.74, 6) is 1.07. The number of carbonyl (C=O) groups excluding carboxylic acids is 1. The molecule has 0 radical (unpaired) electrons. The Morgan fingerprint density at radius 1 is 1.09 bits per heavy atom. The van der Waals surface area contributed by atoms with Crippen LogP contribution < -0.4 is 20.1 Å². The Balaban J connectivity index is 1.69. The molecule has 2 rings (SSSR count). The van der Waals surface area contributed by atoms with Gasteiger partial charge in [0.2, 0.25) is 0 Å². The second-order valence-corrected chi connectivity index (χ2v) is 4.64. The van der Waals surface area contributed by atoms with E-state index in [1.54, 1.807) is 6.07 Å². The third-order valence-corrected chi connectivity index (χ3v) is 2.87. The van der Waals surface area contributed by atoms with E-state index < -0.39 is 0 Å². The molecule has 0 aliphatic heterocycles. The molecule has 0 saturated carbocycles. The lowest BCUT2D eigenvalue weighted by atomic mass is 10.3. The third-order valence-electron chi connectivity index (χ3n) is 2.87. The molecule has 0 unspecified atom stereocenters. The molecule has 0 heterocycles. The van der Waals surface area contributed by atoms with Crippen molar-refractivity contribution in [1.29, 1.82) is 0 Å². The summed E-state index contributed by atoms with van der Waals surface area (Å²) in [5.41, 5.74) is 0.522. The molecule has 23 heavy (non-hydrogen) atoms. The number of hydrogen-bond acceptors (Lipinski definition) is 3. The quantitative estimate of drug-likeness (QED) is 0.769. The second kappa shape index (κ2) is 8.63. The van der Waals surface area contributed by atoms with Crippen molar-refractivity contribution in [3.05, 3.63) is 54.3 Å². The highest BCUT2D eigenvalue weighted by atomic mass is 19.1. The lowest BCUT2D eigenvalue weighted by Gasteiger charge is -2.10. The van der Waals surface area contributed by atoms with E-state index in [1.165, 1.54) is 24.3 Å². The highest BCUT2D eigenvalue weighted by Gasteiger charge is 2.02. The van der Waals surface area contributed by atoms with Crippen LogP contribution in [0, 0.1) is 5.82 Å². The van der Waals surface area contributed by atoms with Crippen molar-refractivity contribution in [1.82, 2.24) is 5.32 Å². The summed E-state index contributed by atoms with van der Waals surface area (Å²) in [6, 6.07) is 12.5. The molecule has 0 spiro atoms. The molecular formula is C17H19FN2O3. The predicted octanol–water partition coefficient (Wildman–Crippen LogP) is 3.42. The van der Waals surface area contributed by atoms with Crippen LogP contribution in [-0.2, 0) is 0 Å². The number of urea groups is 1. The Morgan fingerprint density at radius 2 is 1.78 bits per heavy atom. The minimum atomic E-state index is -0.372. The molecule has 0 aromatic heterocycles. The smallest absolute Gasteiger partial charge is 0.319 e. The van der Waals surface area contributed by atoms with Crippen LogP contribution in [0.2, 0.25) is 0 Å². The largest absolute Gasteiger partial charge is 0.494 e. The minimum Gasteiger partial charge on any atom is -0.494 e. The van der Waals surface area contributed by atoms with Gasteiger partial charge in [0.1, 0.15) is 23.9 Å². The Bertz CT molecular complexity index is 632. The fraction of sp³-hybridized carbons (Fsp3) is 0.235. The predicted molar refractivity (Wildman–Crippen MR) is 86.5 cm³/mol. The number of carbonyl (C=O) groups is 1. The van der Waals surface area contributed by atoms with Gasteiger partial charge in [-0.3, -0.25) is 0 Å². The second-order valence-electron chi connectivity index (χ2n) is 4.64. The third kappa shape index (κ3) is 5.86. The molecule has 2 aromatic rings. The summed E-state index contributed by atoms with van der Waals surface area (Å²) in [7, 11) is 0. The van der Waals surface area contributed by atoms with Gasteiger partial charge >= 0.3 is 6.03 Å². The van der Waals surface area contributed by atoms with Crippen molar-refractivity contribution in [3.63, 3.8) is 0 Å². The van der Waals surface area contributed by atoms with Gasteiger partial charge in [-0.05, 0) is 43.3 Å². The summed E-state index contributed by atoms with van der Waals surface area (Å²) >= 11 is 0. The van der Waals surface area contributed by atoms with E-state index in [0.717, 1.165) is 5.75 Å². The first-order valence-corrected chi connectivity index (χ1v) is 7.33.